The van der Waals surface area contributed by atoms with E-state index in [1.807, 2.05) is 18.2 Å². The summed E-state index contributed by atoms with van der Waals surface area (Å²) < 4.78 is 7.11. The van der Waals surface area contributed by atoms with Gasteiger partial charge < -0.3 is 20.7 Å². The van der Waals surface area contributed by atoms with E-state index in [-0.39, 0.29) is 0 Å². The van der Waals surface area contributed by atoms with Gasteiger partial charge in [-0.15, -0.1) is 5.10 Å². The van der Waals surface area contributed by atoms with Gasteiger partial charge in [0.25, 0.3) is 0 Å². The molecule has 9 nitrogen and oxygen atoms in total. The Bertz CT molecular complexity index is 1380. The van der Waals surface area contributed by atoms with Crippen LogP contribution in [0.1, 0.15) is 48.6 Å². The van der Waals surface area contributed by atoms with Crippen LogP contribution in [0.15, 0.2) is 30.5 Å². The topological polar surface area (TPSA) is 106 Å². The number of benzene rings is 1. The van der Waals surface area contributed by atoms with Crippen molar-refractivity contribution in [2.75, 3.05) is 37.4 Å². The number of hydrogen-bond donors (Lipinski definition) is 2. The molecular formula is C25H30N8O. The average molecular weight is 459 g/mol. The van der Waals surface area contributed by atoms with E-state index in [0.717, 1.165) is 55.2 Å². The van der Waals surface area contributed by atoms with Crippen LogP contribution in [-0.4, -0.2) is 57.4 Å². The molecule has 3 N–H and O–H groups in total. The van der Waals surface area contributed by atoms with Crippen LogP contribution in [0.5, 0.6) is 5.75 Å². The first-order chi connectivity index (χ1) is 16.5. The molecule has 0 unspecified atom stereocenters. The van der Waals surface area contributed by atoms with Gasteiger partial charge in [0.05, 0.1) is 7.11 Å². The number of para-hydroxylation sites is 1. The summed E-state index contributed by atoms with van der Waals surface area (Å²) in [6, 6.07) is 8.60. The van der Waals surface area contributed by atoms with Gasteiger partial charge in [0.2, 0.25) is 5.95 Å². The highest BCUT2D eigenvalue weighted by Gasteiger charge is 2.35. The summed E-state index contributed by atoms with van der Waals surface area (Å²) >= 11 is 0. The SMILES string of the molecule is COc1cccc2c1nc(N)n1nc([C@H]3C[C@H](c4cnc(N5CCN[C@H](C)C5)c(C)c4)C3)nc21. The third kappa shape index (κ3) is 3.42. The van der Waals surface area contributed by atoms with Gasteiger partial charge in [-0.2, -0.15) is 4.52 Å². The van der Waals surface area contributed by atoms with Crippen LogP contribution in [-0.2, 0) is 0 Å². The lowest BCUT2D eigenvalue weighted by Gasteiger charge is -2.36. The summed E-state index contributed by atoms with van der Waals surface area (Å²) in [5, 5.41) is 9.10. The standard InChI is InChI=1S/C25H30N8O/c1-14-9-18(12-28-23(14)32-8-7-27-15(2)13-32)16-10-17(11-16)22-30-24-19-5-4-6-20(34-3)21(19)29-25(26)33(24)31-22/h4-6,9,12,15-17,27H,7-8,10-11,13H2,1-3H3,(H2,26,29)/t15-,16-,17-/m1/s1. The molecule has 1 aliphatic heterocycles. The fourth-order valence-corrected chi connectivity index (χ4v) is 5.35. The lowest BCUT2D eigenvalue weighted by atomic mass is 9.71. The number of anilines is 2. The molecule has 0 bridgehead atoms. The normalized spacial score (nSPS) is 22.8. The average Bonchev–Trinajstić information content (AvgIpc) is 3.24. The molecule has 9 heteroatoms. The summed E-state index contributed by atoms with van der Waals surface area (Å²) in [4.78, 5) is 16.6. The van der Waals surface area contributed by atoms with E-state index in [4.69, 9.17) is 25.5 Å². The van der Waals surface area contributed by atoms with Crippen molar-refractivity contribution in [2.45, 2.75) is 44.6 Å². The molecule has 34 heavy (non-hydrogen) atoms. The minimum Gasteiger partial charge on any atom is -0.494 e. The Morgan fingerprint density at radius 3 is 2.79 bits per heavy atom. The molecule has 2 aliphatic rings. The zero-order valence-electron chi connectivity index (χ0n) is 19.8. The maximum Gasteiger partial charge on any atom is 0.223 e. The third-order valence-corrected chi connectivity index (χ3v) is 7.24. The van der Waals surface area contributed by atoms with Gasteiger partial charge in [-0.3, -0.25) is 0 Å². The molecule has 4 heterocycles. The van der Waals surface area contributed by atoms with E-state index in [0.29, 0.717) is 35.1 Å². The summed E-state index contributed by atoms with van der Waals surface area (Å²) in [7, 11) is 1.63. The van der Waals surface area contributed by atoms with Crippen molar-refractivity contribution in [1.29, 1.82) is 0 Å². The summed E-state index contributed by atoms with van der Waals surface area (Å²) in [5.74, 6) is 3.72. The second kappa shape index (κ2) is 8.09. The highest BCUT2D eigenvalue weighted by Crippen LogP contribution is 2.47. The Hall–Kier alpha value is -3.46. The predicted octanol–water partition coefficient (Wildman–Crippen LogP) is 3.03. The Morgan fingerprint density at radius 2 is 2.03 bits per heavy atom. The molecule has 0 spiro atoms. The minimum absolute atomic E-state index is 0.305. The van der Waals surface area contributed by atoms with Crippen LogP contribution in [0.2, 0.25) is 0 Å². The van der Waals surface area contributed by atoms with Crippen LogP contribution in [0, 0.1) is 6.92 Å². The molecule has 1 atom stereocenters. The summed E-state index contributed by atoms with van der Waals surface area (Å²) in [6.07, 6.45) is 4.09. The lowest BCUT2D eigenvalue weighted by molar-refractivity contribution is 0.337. The Kier molecular flexibility index (Phi) is 5.02. The largest absolute Gasteiger partial charge is 0.494 e. The van der Waals surface area contributed by atoms with Crippen molar-refractivity contribution in [3.8, 4) is 5.75 Å². The highest BCUT2D eigenvalue weighted by atomic mass is 16.5. The van der Waals surface area contributed by atoms with Crippen LogP contribution < -0.4 is 20.7 Å². The molecule has 3 aromatic heterocycles. The molecule has 0 amide bonds. The molecule has 2 fully saturated rings. The van der Waals surface area contributed by atoms with Gasteiger partial charge in [-0.05, 0) is 55.9 Å². The van der Waals surface area contributed by atoms with Gasteiger partial charge in [-0.25, -0.2) is 15.0 Å². The van der Waals surface area contributed by atoms with Gasteiger partial charge in [0.1, 0.15) is 17.1 Å². The number of nitrogens with one attached hydrogen (secondary N) is 1. The summed E-state index contributed by atoms with van der Waals surface area (Å²) in [5.41, 5.74) is 10.2. The van der Waals surface area contributed by atoms with Gasteiger partial charge in [-0.1, -0.05) is 12.1 Å². The predicted molar refractivity (Wildman–Crippen MR) is 133 cm³/mol. The number of nitrogens with zero attached hydrogens (tertiary/aromatic N) is 6. The molecule has 1 aromatic carbocycles. The first kappa shape index (κ1) is 21.1. The fraction of sp³-hybridized carbons (Fsp3) is 0.440. The molecule has 0 radical (unpaired) electrons. The second-order valence-corrected chi connectivity index (χ2v) is 9.61. The molecule has 1 aliphatic carbocycles. The highest BCUT2D eigenvalue weighted by molar-refractivity contribution is 5.95. The molecule has 1 saturated carbocycles. The minimum atomic E-state index is 0.305. The van der Waals surface area contributed by atoms with Gasteiger partial charge in [0.15, 0.2) is 11.5 Å². The van der Waals surface area contributed by atoms with Crippen molar-refractivity contribution in [2.24, 2.45) is 0 Å². The van der Waals surface area contributed by atoms with E-state index in [1.54, 1.807) is 11.6 Å². The third-order valence-electron chi connectivity index (χ3n) is 7.24. The maximum absolute atomic E-state index is 6.22. The van der Waals surface area contributed by atoms with Crippen LogP contribution in [0.25, 0.3) is 16.6 Å². The van der Waals surface area contributed by atoms with Crippen molar-refractivity contribution in [3.05, 3.63) is 47.4 Å². The Morgan fingerprint density at radius 1 is 1.18 bits per heavy atom. The van der Waals surface area contributed by atoms with Crippen LogP contribution >= 0.6 is 0 Å². The lowest BCUT2D eigenvalue weighted by Crippen LogP contribution is -2.49. The fourth-order valence-electron chi connectivity index (χ4n) is 5.35. The van der Waals surface area contributed by atoms with Gasteiger partial charge in [0, 0.05) is 43.2 Å². The Balaban J connectivity index is 1.22. The first-order valence-corrected chi connectivity index (χ1v) is 12.0. The summed E-state index contributed by atoms with van der Waals surface area (Å²) in [6.45, 7) is 7.40. The number of fused-ring (bicyclic) bond motifs is 3. The van der Waals surface area contributed by atoms with E-state index in [2.05, 4.69) is 41.3 Å². The monoisotopic (exact) mass is 458 g/mol. The molecule has 6 rings (SSSR count). The number of pyridine rings is 1. The first-order valence-electron chi connectivity index (χ1n) is 12.0. The van der Waals surface area contributed by atoms with Crippen molar-refractivity contribution in [3.63, 3.8) is 0 Å². The molecular weight excluding hydrogens is 428 g/mol. The maximum atomic E-state index is 6.22. The van der Waals surface area contributed by atoms with E-state index in [1.165, 1.54) is 11.1 Å². The molecule has 1 saturated heterocycles. The van der Waals surface area contributed by atoms with E-state index in [9.17, 15) is 0 Å². The second-order valence-electron chi connectivity index (χ2n) is 9.61. The van der Waals surface area contributed by atoms with Gasteiger partial charge >= 0.3 is 0 Å². The molecule has 176 valence electrons. The number of nitrogens with two attached hydrogens (primary N) is 1. The number of rotatable bonds is 4. The zero-order chi connectivity index (χ0) is 23.4. The van der Waals surface area contributed by atoms with E-state index < -0.39 is 0 Å². The number of piperazine rings is 1. The quantitative estimate of drug-likeness (QED) is 0.481. The van der Waals surface area contributed by atoms with Crippen LogP contribution in [0.3, 0.4) is 0 Å². The number of aromatic nitrogens is 5. The number of aryl methyl sites for hydroxylation is 1. The number of methoxy groups -OCH3 is 1. The number of hydrogen-bond acceptors (Lipinski definition) is 8. The number of ether oxygens (including phenoxy) is 1. The smallest absolute Gasteiger partial charge is 0.223 e. The van der Waals surface area contributed by atoms with E-state index >= 15 is 0 Å². The van der Waals surface area contributed by atoms with Crippen LogP contribution in [0.4, 0.5) is 11.8 Å². The molecule has 4 aromatic rings. The Labute approximate surface area is 198 Å². The van der Waals surface area contributed by atoms with Crippen molar-refractivity contribution >= 4 is 28.3 Å². The van der Waals surface area contributed by atoms with Crippen molar-refractivity contribution in [1.82, 2.24) is 29.9 Å². The number of nitrogen functional groups attached to an aromatic ring is 1. The van der Waals surface area contributed by atoms with Crippen molar-refractivity contribution < 1.29 is 4.74 Å². The zero-order valence-corrected chi connectivity index (χ0v) is 19.8.